The lowest BCUT2D eigenvalue weighted by molar-refractivity contribution is 0.232. The zero-order valence-corrected chi connectivity index (χ0v) is 13.3. The van der Waals surface area contributed by atoms with Crippen LogP contribution in [0.25, 0.3) is 0 Å². The summed E-state index contributed by atoms with van der Waals surface area (Å²) >= 11 is 5.78. The van der Waals surface area contributed by atoms with Crippen LogP contribution in [-0.4, -0.2) is 16.1 Å². The van der Waals surface area contributed by atoms with E-state index in [9.17, 15) is 0 Å². The smallest absolute Gasteiger partial charge is 0.226 e. The van der Waals surface area contributed by atoms with E-state index in [0.717, 1.165) is 16.8 Å². The van der Waals surface area contributed by atoms with E-state index in [1.165, 1.54) is 0 Å². The second-order valence-electron chi connectivity index (χ2n) is 5.14. The molecule has 0 amide bonds. The van der Waals surface area contributed by atoms with E-state index >= 15 is 0 Å². The van der Waals surface area contributed by atoms with Crippen molar-refractivity contribution in [2.45, 2.75) is 39.3 Å². The summed E-state index contributed by atoms with van der Waals surface area (Å²) in [5.41, 5.74) is 3.14. The zero-order valence-electron chi connectivity index (χ0n) is 12.6. The molecule has 5 heteroatoms. The van der Waals surface area contributed by atoms with Gasteiger partial charge in [-0.15, -0.1) is 11.6 Å². The van der Waals surface area contributed by atoms with Gasteiger partial charge in [-0.3, -0.25) is 0 Å². The van der Waals surface area contributed by atoms with Crippen LogP contribution in [0.15, 0.2) is 30.3 Å². The van der Waals surface area contributed by atoms with Gasteiger partial charge in [-0.25, -0.2) is 4.98 Å². The van der Waals surface area contributed by atoms with E-state index in [-0.39, 0.29) is 6.10 Å². The molecule has 2 aromatic rings. The van der Waals surface area contributed by atoms with Crippen LogP contribution in [-0.2, 0) is 12.4 Å². The fourth-order valence-electron chi connectivity index (χ4n) is 1.85. The van der Waals surface area contributed by atoms with E-state index in [4.69, 9.17) is 16.3 Å². The third kappa shape index (κ3) is 4.90. The van der Waals surface area contributed by atoms with Gasteiger partial charge in [0.25, 0.3) is 0 Å². The Balaban J connectivity index is 2.03. The molecule has 0 saturated carbocycles. The number of nitrogens with one attached hydrogen (secondary N) is 1. The first-order valence-corrected chi connectivity index (χ1v) is 7.50. The van der Waals surface area contributed by atoms with Crippen LogP contribution in [0.2, 0.25) is 0 Å². The summed E-state index contributed by atoms with van der Waals surface area (Å²) in [6, 6.07) is 9.97. The highest BCUT2D eigenvalue weighted by Crippen LogP contribution is 2.14. The highest BCUT2D eigenvalue weighted by molar-refractivity contribution is 6.17. The third-order valence-electron chi connectivity index (χ3n) is 2.82. The van der Waals surface area contributed by atoms with Gasteiger partial charge in [-0.2, -0.15) is 4.98 Å². The number of hydrogen-bond donors (Lipinski definition) is 1. The number of nitrogens with zero attached hydrogens (tertiary/aromatic N) is 2. The molecule has 0 spiro atoms. The lowest BCUT2D eigenvalue weighted by Gasteiger charge is -2.11. The molecule has 112 valence electrons. The largest absolute Gasteiger partial charge is 0.475 e. The Morgan fingerprint density at radius 2 is 1.81 bits per heavy atom. The molecule has 0 saturated heterocycles. The Kier molecular flexibility index (Phi) is 5.39. The van der Waals surface area contributed by atoms with Gasteiger partial charge in [0.1, 0.15) is 0 Å². The van der Waals surface area contributed by atoms with Gasteiger partial charge in [-0.05, 0) is 31.9 Å². The molecule has 0 fully saturated rings. The maximum atomic E-state index is 5.78. The quantitative estimate of drug-likeness (QED) is 0.822. The molecule has 1 heterocycles. The molecule has 1 N–H and O–H groups in total. The molecule has 0 atom stereocenters. The monoisotopic (exact) mass is 305 g/mol. The van der Waals surface area contributed by atoms with E-state index in [2.05, 4.69) is 15.3 Å². The number of rotatable bonds is 6. The van der Waals surface area contributed by atoms with Crippen molar-refractivity contribution in [1.82, 2.24) is 9.97 Å². The molecule has 1 aromatic heterocycles. The van der Waals surface area contributed by atoms with E-state index in [1.54, 1.807) is 0 Å². The number of anilines is 1. The molecule has 4 nitrogen and oxygen atoms in total. The minimum Gasteiger partial charge on any atom is -0.475 e. The van der Waals surface area contributed by atoms with Gasteiger partial charge in [0.05, 0.1) is 6.10 Å². The predicted octanol–water partition coefficient (Wildman–Crippen LogP) is 3.92. The summed E-state index contributed by atoms with van der Waals surface area (Å²) in [5, 5.41) is 3.22. The molecular weight excluding hydrogens is 286 g/mol. The van der Waals surface area contributed by atoms with Gasteiger partial charge >= 0.3 is 0 Å². The number of benzene rings is 1. The van der Waals surface area contributed by atoms with E-state index in [1.807, 2.05) is 51.1 Å². The second-order valence-corrected chi connectivity index (χ2v) is 5.41. The van der Waals surface area contributed by atoms with Crippen molar-refractivity contribution in [3.63, 3.8) is 0 Å². The molecule has 0 unspecified atom stereocenters. The predicted molar refractivity (Wildman–Crippen MR) is 85.9 cm³/mol. The van der Waals surface area contributed by atoms with E-state index < -0.39 is 0 Å². The highest BCUT2D eigenvalue weighted by atomic mass is 35.5. The van der Waals surface area contributed by atoms with Crippen LogP contribution >= 0.6 is 11.6 Å². The van der Waals surface area contributed by atoms with Crippen LogP contribution in [0, 0.1) is 6.92 Å². The maximum Gasteiger partial charge on any atom is 0.226 e. The molecule has 0 aliphatic heterocycles. The lowest BCUT2D eigenvalue weighted by atomic mass is 10.1. The van der Waals surface area contributed by atoms with Gasteiger partial charge in [0.2, 0.25) is 11.8 Å². The SMILES string of the molecule is Cc1cc(OC(C)C)nc(NCc2ccc(CCl)cc2)n1. The minimum absolute atomic E-state index is 0.0928. The molecule has 0 aliphatic rings. The summed E-state index contributed by atoms with van der Waals surface area (Å²) in [6.45, 7) is 6.54. The summed E-state index contributed by atoms with van der Waals surface area (Å²) in [4.78, 5) is 8.72. The number of hydrogen-bond acceptors (Lipinski definition) is 4. The summed E-state index contributed by atoms with van der Waals surface area (Å²) in [5.74, 6) is 1.70. The van der Waals surface area contributed by atoms with Crippen molar-refractivity contribution >= 4 is 17.5 Å². The van der Waals surface area contributed by atoms with Crippen LogP contribution in [0.4, 0.5) is 5.95 Å². The minimum atomic E-state index is 0.0928. The molecule has 2 rings (SSSR count). The standard InChI is InChI=1S/C16H20ClN3O/c1-11(2)21-15-8-12(3)19-16(20-15)18-10-14-6-4-13(9-17)5-7-14/h4-8,11H,9-10H2,1-3H3,(H,18,19,20). The second kappa shape index (κ2) is 7.27. The average Bonchev–Trinajstić information content (AvgIpc) is 2.44. The van der Waals surface area contributed by atoms with Gasteiger partial charge in [0, 0.05) is 24.2 Å². The Morgan fingerprint density at radius 1 is 1.14 bits per heavy atom. The molecule has 0 radical (unpaired) electrons. The summed E-state index contributed by atoms with van der Waals surface area (Å²) in [6.07, 6.45) is 0.0928. The normalized spacial score (nSPS) is 10.7. The van der Waals surface area contributed by atoms with Crippen LogP contribution in [0.5, 0.6) is 5.88 Å². The van der Waals surface area contributed by atoms with Crippen LogP contribution in [0.3, 0.4) is 0 Å². The van der Waals surface area contributed by atoms with Crippen molar-refractivity contribution < 1.29 is 4.74 Å². The Hall–Kier alpha value is -1.81. The summed E-state index contributed by atoms with van der Waals surface area (Å²) in [7, 11) is 0. The number of aromatic nitrogens is 2. The first-order chi connectivity index (χ1) is 10.1. The highest BCUT2D eigenvalue weighted by Gasteiger charge is 2.05. The van der Waals surface area contributed by atoms with Crippen molar-refractivity contribution in [3.05, 3.63) is 47.2 Å². The average molecular weight is 306 g/mol. The van der Waals surface area contributed by atoms with Crippen molar-refractivity contribution in [3.8, 4) is 5.88 Å². The summed E-state index contributed by atoms with van der Waals surface area (Å²) < 4.78 is 5.61. The first kappa shape index (κ1) is 15.6. The molecule has 21 heavy (non-hydrogen) atoms. The fraction of sp³-hybridized carbons (Fsp3) is 0.375. The lowest BCUT2D eigenvalue weighted by Crippen LogP contribution is -2.10. The Labute approximate surface area is 130 Å². The third-order valence-corrected chi connectivity index (χ3v) is 3.12. The van der Waals surface area contributed by atoms with Crippen LogP contribution in [0.1, 0.15) is 30.7 Å². The number of aryl methyl sites for hydroxylation is 1. The number of alkyl halides is 1. The molecule has 1 aromatic carbocycles. The number of ether oxygens (including phenoxy) is 1. The van der Waals surface area contributed by atoms with Crippen molar-refractivity contribution in [1.29, 1.82) is 0 Å². The van der Waals surface area contributed by atoms with Crippen molar-refractivity contribution in [2.75, 3.05) is 5.32 Å². The maximum absolute atomic E-state index is 5.78. The Morgan fingerprint density at radius 3 is 2.43 bits per heavy atom. The van der Waals surface area contributed by atoms with E-state index in [0.29, 0.717) is 24.3 Å². The number of halogens is 1. The topological polar surface area (TPSA) is 47.0 Å². The molecule has 0 aliphatic carbocycles. The van der Waals surface area contributed by atoms with Gasteiger partial charge < -0.3 is 10.1 Å². The Bertz CT molecular complexity index is 585. The molecular formula is C16H20ClN3O. The van der Waals surface area contributed by atoms with Gasteiger partial charge in [0.15, 0.2) is 0 Å². The fourth-order valence-corrected chi connectivity index (χ4v) is 2.03. The van der Waals surface area contributed by atoms with Crippen LogP contribution < -0.4 is 10.1 Å². The van der Waals surface area contributed by atoms with Crippen molar-refractivity contribution in [2.24, 2.45) is 0 Å². The van der Waals surface area contributed by atoms with Gasteiger partial charge in [-0.1, -0.05) is 24.3 Å². The molecule has 0 bridgehead atoms. The first-order valence-electron chi connectivity index (χ1n) is 6.97. The zero-order chi connectivity index (χ0) is 15.2.